The van der Waals surface area contributed by atoms with E-state index in [9.17, 15) is 10.1 Å². The van der Waals surface area contributed by atoms with Crippen LogP contribution in [0.15, 0.2) is 51.8 Å². The summed E-state index contributed by atoms with van der Waals surface area (Å²) in [6.07, 6.45) is 2.54. The van der Waals surface area contributed by atoms with Crippen LogP contribution in [0, 0.1) is 16.7 Å². The maximum atomic E-state index is 12.9. The lowest BCUT2D eigenvalue weighted by Crippen LogP contribution is -2.11. The molecule has 0 spiro atoms. The van der Waals surface area contributed by atoms with Gasteiger partial charge in [-0.15, -0.1) is 21.5 Å². The molecule has 4 rings (SSSR count). The molecule has 0 amide bonds. The normalized spacial score (nSPS) is 17.0. The quantitative estimate of drug-likeness (QED) is 0.413. The highest BCUT2D eigenvalue weighted by atomic mass is 79.9. The van der Waals surface area contributed by atoms with Crippen LogP contribution in [0.5, 0.6) is 5.75 Å². The number of hydrogen-bond donors (Lipinski definition) is 1. The molecule has 0 unspecified atom stereocenters. The van der Waals surface area contributed by atoms with Gasteiger partial charge in [0.15, 0.2) is 5.78 Å². The van der Waals surface area contributed by atoms with Crippen LogP contribution in [-0.4, -0.2) is 21.0 Å². The van der Waals surface area contributed by atoms with Gasteiger partial charge in [-0.3, -0.25) is 10.2 Å². The molecular formula is C23H17BrN4O2S2. The molecule has 3 aromatic rings. The molecular weight excluding hydrogens is 508 g/mol. The Bertz CT molecular complexity index is 1280. The standard InChI is InChI=1S/C23H17BrN4O2S2/c1-2-19-27-28-23(32-19)20-21(29)18(31-22(20)26)10-13-7-8-17(16(24)9-13)30-12-15-6-4-3-5-14(15)11-25/h3-10,20,26H,2,12H2,1H3/b18-10-,26-22?/t20-/m1/s1. The molecule has 1 saturated heterocycles. The van der Waals surface area contributed by atoms with Gasteiger partial charge in [-0.25, -0.2) is 0 Å². The van der Waals surface area contributed by atoms with E-state index in [2.05, 4.69) is 32.2 Å². The fraction of sp³-hybridized carbons (Fsp3) is 0.174. The van der Waals surface area contributed by atoms with Crippen LogP contribution in [0.25, 0.3) is 6.08 Å². The zero-order valence-corrected chi connectivity index (χ0v) is 20.2. The van der Waals surface area contributed by atoms with E-state index in [0.29, 0.717) is 21.2 Å². The van der Waals surface area contributed by atoms with Gasteiger partial charge in [-0.1, -0.05) is 43.0 Å². The molecule has 2 aromatic carbocycles. The third-order valence-electron chi connectivity index (χ3n) is 4.79. The Balaban J connectivity index is 1.50. The number of ether oxygens (including phenoxy) is 1. The van der Waals surface area contributed by atoms with E-state index in [4.69, 9.17) is 10.1 Å². The molecule has 1 fully saturated rings. The summed E-state index contributed by atoms with van der Waals surface area (Å²) in [7, 11) is 0. The largest absolute Gasteiger partial charge is 0.488 e. The van der Waals surface area contributed by atoms with Crippen molar-refractivity contribution in [1.82, 2.24) is 10.2 Å². The average Bonchev–Trinajstić information content (AvgIpc) is 3.37. The summed E-state index contributed by atoms with van der Waals surface area (Å²) in [5, 5.41) is 27.4. The number of nitrogens with zero attached hydrogens (tertiary/aromatic N) is 3. The number of aryl methyl sites for hydroxylation is 1. The summed E-state index contributed by atoms with van der Waals surface area (Å²) in [5.74, 6) is -0.143. The fourth-order valence-electron chi connectivity index (χ4n) is 3.13. The average molecular weight is 525 g/mol. The molecule has 6 nitrogen and oxygen atoms in total. The first-order chi connectivity index (χ1) is 15.5. The van der Waals surface area contributed by atoms with Gasteiger partial charge in [0.1, 0.15) is 28.3 Å². The lowest BCUT2D eigenvalue weighted by molar-refractivity contribution is -0.114. The molecule has 1 aromatic heterocycles. The van der Waals surface area contributed by atoms with Crippen LogP contribution in [0.1, 0.15) is 39.5 Å². The number of nitriles is 1. The predicted octanol–water partition coefficient (Wildman–Crippen LogP) is 5.73. The second-order valence-electron chi connectivity index (χ2n) is 6.91. The number of hydrogen-bond acceptors (Lipinski definition) is 8. The number of thioether (sulfide) groups is 1. The minimum atomic E-state index is -0.657. The Hall–Kier alpha value is -2.80. The lowest BCUT2D eigenvalue weighted by Gasteiger charge is -2.10. The molecule has 9 heteroatoms. The molecule has 32 heavy (non-hydrogen) atoms. The maximum absolute atomic E-state index is 12.9. The number of carbonyl (C=O) groups excluding carboxylic acids is 1. The number of ketones is 1. The molecule has 0 radical (unpaired) electrons. The Morgan fingerprint density at radius 2 is 2.09 bits per heavy atom. The molecule has 1 aliphatic heterocycles. The van der Waals surface area contributed by atoms with Crippen molar-refractivity contribution < 1.29 is 9.53 Å². The van der Waals surface area contributed by atoms with Gasteiger partial charge in [-0.05, 0) is 52.2 Å². The third-order valence-corrected chi connectivity index (χ3v) is 7.54. The molecule has 2 heterocycles. The summed E-state index contributed by atoms with van der Waals surface area (Å²) >= 11 is 6.08. The monoisotopic (exact) mass is 524 g/mol. The Labute approximate surface area is 202 Å². The number of nitrogens with one attached hydrogen (secondary N) is 1. The number of halogens is 1. The first-order valence-corrected chi connectivity index (χ1v) is 12.2. The first-order valence-electron chi connectivity index (χ1n) is 9.75. The summed E-state index contributed by atoms with van der Waals surface area (Å²) in [5.41, 5.74) is 2.21. The van der Waals surface area contributed by atoms with Gasteiger partial charge >= 0.3 is 0 Å². The molecule has 1 aliphatic rings. The van der Waals surface area contributed by atoms with Crippen molar-refractivity contribution in [2.45, 2.75) is 25.9 Å². The van der Waals surface area contributed by atoms with Gasteiger partial charge < -0.3 is 4.74 Å². The number of carbonyl (C=O) groups is 1. The SMILES string of the molecule is CCc1nnc([C@H]2C(=N)S/C(=C\c3ccc(OCc4ccccc4C#N)c(Br)c3)C2=O)s1. The van der Waals surface area contributed by atoms with Crippen LogP contribution < -0.4 is 4.74 Å². The van der Waals surface area contributed by atoms with E-state index in [0.717, 1.165) is 27.0 Å². The van der Waals surface area contributed by atoms with Gasteiger partial charge in [0.25, 0.3) is 0 Å². The zero-order chi connectivity index (χ0) is 22.7. The van der Waals surface area contributed by atoms with E-state index in [1.807, 2.05) is 43.3 Å². The van der Waals surface area contributed by atoms with E-state index >= 15 is 0 Å². The Morgan fingerprint density at radius 1 is 1.28 bits per heavy atom. The highest BCUT2D eigenvalue weighted by molar-refractivity contribution is 9.10. The fourth-order valence-corrected chi connectivity index (χ4v) is 5.59. The van der Waals surface area contributed by atoms with E-state index in [1.165, 1.54) is 23.1 Å². The van der Waals surface area contributed by atoms with Crippen LogP contribution in [0.4, 0.5) is 0 Å². The first kappa shape index (κ1) is 22.4. The second kappa shape index (κ2) is 9.77. The minimum Gasteiger partial charge on any atom is -0.488 e. The van der Waals surface area contributed by atoms with E-state index in [-0.39, 0.29) is 17.4 Å². The summed E-state index contributed by atoms with van der Waals surface area (Å²) in [6.45, 7) is 2.26. The lowest BCUT2D eigenvalue weighted by atomic mass is 10.1. The predicted molar refractivity (Wildman–Crippen MR) is 130 cm³/mol. The maximum Gasteiger partial charge on any atom is 0.186 e. The number of rotatable bonds is 6. The molecule has 0 aliphatic carbocycles. The molecule has 1 N–H and O–H groups in total. The summed E-state index contributed by atoms with van der Waals surface area (Å²) in [6, 6.07) is 15.0. The Morgan fingerprint density at radius 3 is 2.81 bits per heavy atom. The molecule has 160 valence electrons. The molecule has 1 atom stereocenters. The molecule has 0 saturated carbocycles. The highest BCUT2D eigenvalue weighted by Crippen LogP contribution is 2.42. The van der Waals surface area contributed by atoms with Gasteiger partial charge in [0.05, 0.1) is 26.1 Å². The van der Waals surface area contributed by atoms with Crippen LogP contribution in [0.3, 0.4) is 0 Å². The van der Waals surface area contributed by atoms with Crippen molar-refractivity contribution in [3.8, 4) is 11.8 Å². The number of benzene rings is 2. The smallest absolute Gasteiger partial charge is 0.186 e. The second-order valence-corrected chi connectivity index (χ2v) is 9.94. The topological polar surface area (TPSA) is 99.7 Å². The van der Waals surface area contributed by atoms with Crippen LogP contribution in [0.2, 0.25) is 0 Å². The van der Waals surface area contributed by atoms with Crippen molar-refractivity contribution in [3.63, 3.8) is 0 Å². The van der Waals surface area contributed by atoms with E-state index in [1.54, 1.807) is 12.1 Å². The summed E-state index contributed by atoms with van der Waals surface area (Å²) < 4.78 is 6.61. The van der Waals surface area contributed by atoms with E-state index < -0.39 is 5.92 Å². The number of aromatic nitrogens is 2. The minimum absolute atomic E-state index is 0.122. The number of Topliss-reactive ketones (excluding diaryl/α,β-unsaturated/α-hetero) is 1. The number of allylic oxidation sites excluding steroid dienone is 1. The third kappa shape index (κ3) is 4.67. The molecule has 0 bridgehead atoms. The Kier molecular flexibility index (Phi) is 6.84. The van der Waals surface area contributed by atoms with Gasteiger partial charge in [0.2, 0.25) is 0 Å². The van der Waals surface area contributed by atoms with Crippen LogP contribution in [-0.2, 0) is 17.8 Å². The van der Waals surface area contributed by atoms with Crippen molar-refractivity contribution in [3.05, 3.63) is 78.5 Å². The van der Waals surface area contributed by atoms with Crippen LogP contribution >= 0.6 is 39.0 Å². The van der Waals surface area contributed by atoms with Gasteiger partial charge in [-0.2, -0.15) is 5.26 Å². The summed E-state index contributed by atoms with van der Waals surface area (Å²) in [4.78, 5) is 13.4. The van der Waals surface area contributed by atoms with Crippen molar-refractivity contribution >= 4 is 55.9 Å². The van der Waals surface area contributed by atoms with Crippen molar-refractivity contribution in [1.29, 1.82) is 10.7 Å². The van der Waals surface area contributed by atoms with Gasteiger partial charge in [0, 0.05) is 5.56 Å². The zero-order valence-electron chi connectivity index (χ0n) is 17.0. The highest BCUT2D eigenvalue weighted by Gasteiger charge is 2.39. The van der Waals surface area contributed by atoms with Crippen molar-refractivity contribution in [2.75, 3.05) is 0 Å². The van der Waals surface area contributed by atoms with Crippen molar-refractivity contribution in [2.24, 2.45) is 0 Å².